The van der Waals surface area contributed by atoms with Crippen LogP contribution in [-0.2, 0) is 31.5 Å². The molecule has 2 aromatic heterocycles. The van der Waals surface area contributed by atoms with Gasteiger partial charge in [-0.2, -0.15) is 5.10 Å². The quantitative estimate of drug-likeness (QED) is 0.289. The number of nitrogens with one attached hydrogen (secondary N) is 2. The molecular formula is C40H48F2N6O8S. The number of aryl methyl sites for hydroxylation is 1. The normalized spacial score (nSPS) is 26.8. The third-order valence-electron chi connectivity index (χ3n) is 11.6. The summed E-state index contributed by atoms with van der Waals surface area (Å²) in [5.74, 6) is -4.97. The zero-order valence-corrected chi connectivity index (χ0v) is 33.2. The molecule has 57 heavy (non-hydrogen) atoms. The van der Waals surface area contributed by atoms with Gasteiger partial charge in [0.1, 0.15) is 29.1 Å². The number of ether oxygens (including phenoxy) is 2. The van der Waals surface area contributed by atoms with Crippen molar-refractivity contribution < 1.29 is 45.9 Å². The molecule has 14 nitrogen and oxygen atoms in total. The van der Waals surface area contributed by atoms with Crippen LogP contribution < -0.4 is 19.5 Å². The number of aromatic nitrogens is 3. The predicted molar refractivity (Wildman–Crippen MR) is 204 cm³/mol. The highest BCUT2D eigenvalue weighted by atomic mass is 32.2. The number of fused-ring (bicyclic) bond motifs is 3. The zero-order chi connectivity index (χ0) is 40.9. The highest BCUT2D eigenvalue weighted by Crippen LogP contribution is 2.57. The van der Waals surface area contributed by atoms with Gasteiger partial charge in [-0.05, 0) is 83.4 Å². The number of rotatable bonds is 9. The smallest absolute Gasteiger partial charge is 0.272 e. The van der Waals surface area contributed by atoms with Gasteiger partial charge in [0.15, 0.2) is 17.4 Å². The summed E-state index contributed by atoms with van der Waals surface area (Å²) in [7, 11) is -2.35. The van der Waals surface area contributed by atoms with Crippen LogP contribution in [0.3, 0.4) is 0 Å². The van der Waals surface area contributed by atoms with Gasteiger partial charge in [-0.1, -0.05) is 25.0 Å². The average Bonchev–Trinajstić information content (AvgIpc) is 3.95. The molecule has 0 spiro atoms. The molecule has 3 fully saturated rings. The fraction of sp³-hybridized carbons (Fsp3) is 0.550. The Balaban J connectivity index is 1.23. The van der Waals surface area contributed by atoms with Crippen molar-refractivity contribution >= 4 is 44.4 Å². The number of amides is 3. The summed E-state index contributed by atoms with van der Waals surface area (Å²) in [6.07, 6.45) is 7.90. The number of pyridine rings is 1. The molecule has 5 atom stereocenters. The molecule has 2 aliphatic carbocycles. The van der Waals surface area contributed by atoms with Crippen LogP contribution in [-0.4, -0.2) is 87.2 Å². The van der Waals surface area contributed by atoms with E-state index in [-0.39, 0.29) is 66.6 Å². The fourth-order valence-corrected chi connectivity index (χ4v) is 9.15. The summed E-state index contributed by atoms with van der Waals surface area (Å²) in [6.45, 7) is 4.93. The fourth-order valence-electron chi connectivity index (χ4n) is 7.82. The third-order valence-corrected chi connectivity index (χ3v) is 13.7. The number of benzene rings is 1. The van der Waals surface area contributed by atoms with E-state index in [0.717, 1.165) is 18.9 Å². The summed E-state index contributed by atoms with van der Waals surface area (Å²) in [5.41, 5.74) is -1.56. The Bertz CT molecular complexity index is 2240. The second kappa shape index (κ2) is 15.4. The van der Waals surface area contributed by atoms with E-state index in [9.17, 15) is 32.0 Å². The van der Waals surface area contributed by atoms with E-state index in [1.807, 2.05) is 12.2 Å². The standard InChI is InChI=1S/C40H48F2N6O8S/c1-23(2)55-33-19-32(26-12-13-27(41)34(42)35(26)44-33)56-25-18-30-31(49)21-40(38(52)46-57(53,54)39(3)15-16-39)20-24(40)10-8-6-5-7-9-11-29(37(51)48(30)22-25)43-36(50)28-14-17-47(4)45-28/h8,10,12-14,17,19,23-25,29-30H,5-7,9,11,15-16,18,20-22H2,1-4H3,(H,43,50)(H,46,52)/b10-8-/t24-,25+,29-,30-,40+/m0/s1. The number of nitrogens with zero attached hydrogens (tertiary/aromatic N) is 4. The van der Waals surface area contributed by atoms with Crippen molar-refractivity contribution in [1.82, 2.24) is 29.7 Å². The van der Waals surface area contributed by atoms with E-state index in [0.29, 0.717) is 25.7 Å². The number of halogens is 2. The molecule has 2 saturated carbocycles. The number of hydrogen-bond acceptors (Lipinski definition) is 10. The summed E-state index contributed by atoms with van der Waals surface area (Å²) >= 11 is 0. The molecule has 0 radical (unpaired) electrons. The van der Waals surface area contributed by atoms with Gasteiger partial charge in [-0.15, -0.1) is 0 Å². The number of Topliss-reactive ketones (excluding diaryl/α,β-unsaturated/α-hetero) is 1. The van der Waals surface area contributed by atoms with Gasteiger partial charge < -0.3 is 19.7 Å². The van der Waals surface area contributed by atoms with Gasteiger partial charge in [0.2, 0.25) is 27.7 Å². The minimum atomic E-state index is -4.01. The molecule has 0 bridgehead atoms. The van der Waals surface area contributed by atoms with Gasteiger partial charge in [0.25, 0.3) is 5.91 Å². The summed E-state index contributed by atoms with van der Waals surface area (Å²) in [6, 6.07) is 3.05. The molecule has 4 heterocycles. The lowest BCUT2D eigenvalue weighted by molar-refractivity contribution is -0.140. The lowest BCUT2D eigenvalue weighted by Gasteiger charge is -2.29. The molecule has 3 amide bonds. The molecule has 1 saturated heterocycles. The van der Waals surface area contributed by atoms with Crippen LogP contribution in [0, 0.1) is 23.0 Å². The van der Waals surface area contributed by atoms with Crippen LogP contribution in [0.2, 0.25) is 0 Å². The molecule has 2 aliphatic heterocycles. The third kappa shape index (κ3) is 8.25. The average molecular weight is 811 g/mol. The van der Waals surface area contributed by atoms with Crippen molar-refractivity contribution in [2.45, 2.75) is 114 Å². The molecule has 4 aliphatic rings. The van der Waals surface area contributed by atoms with Crippen LogP contribution >= 0.6 is 0 Å². The number of allylic oxidation sites excluding steroid dienone is 2. The molecule has 3 aromatic rings. The maximum atomic E-state index is 15.1. The van der Waals surface area contributed by atoms with Crippen LogP contribution in [0.4, 0.5) is 8.78 Å². The predicted octanol–water partition coefficient (Wildman–Crippen LogP) is 4.66. The Morgan fingerprint density at radius 3 is 2.56 bits per heavy atom. The first-order valence-corrected chi connectivity index (χ1v) is 21.0. The highest BCUT2D eigenvalue weighted by molar-refractivity contribution is 7.91. The van der Waals surface area contributed by atoms with Crippen LogP contribution in [0.5, 0.6) is 11.6 Å². The number of carbonyl (C=O) groups excluding carboxylic acids is 4. The number of hydrogen-bond donors (Lipinski definition) is 2. The minimum absolute atomic E-state index is 0.0231. The van der Waals surface area contributed by atoms with Crippen LogP contribution in [0.25, 0.3) is 10.9 Å². The van der Waals surface area contributed by atoms with Crippen LogP contribution in [0.1, 0.15) is 95.5 Å². The Hall–Kier alpha value is -4.93. The van der Waals surface area contributed by atoms with E-state index in [2.05, 4.69) is 20.1 Å². The van der Waals surface area contributed by atoms with Gasteiger partial charge >= 0.3 is 0 Å². The van der Waals surface area contributed by atoms with Crippen molar-refractivity contribution in [1.29, 1.82) is 0 Å². The first-order valence-electron chi connectivity index (χ1n) is 19.5. The van der Waals surface area contributed by atoms with Gasteiger partial charge in [0, 0.05) is 37.5 Å². The van der Waals surface area contributed by atoms with Crippen molar-refractivity contribution in [3.8, 4) is 11.6 Å². The number of sulfonamides is 1. The van der Waals surface area contributed by atoms with E-state index in [4.69, 9.17) is 9.47 Å². The molecule has 7 rings (SSSR count). The maximum Gasteiger partial charge on any atom is 0.272 e. The van der Waals surface area contributed by atoms with Crippen molar-refractivity contribution in [2.75, 3.05) is 6.54 Å². The Morgan fingerprint density at radius 2 is 1.86 bits per heavy atom. The van der Waals surface area contributed by atoms with E-state index < -0.39 is 79.4 Å². The van der Waals surface area contributed by atoms with E-state index in [1.165, 1.54) is 27.8 Å². The SMILES string of the molecule is CC(C)Oc1cc(O[C@@H]2C[C@H]3C(=O)C[C@]4(C(=O)NS(=O)(=O)C5(C)CC5)C[C@@H]4/C=C\CCCCC[C@H](NC(=O)c4ccn(C)n4)C(=O)N3C2)c2ccc(F)c(F)c2n1. The monoisotopic (exact) mass is 810 g/mol. The molecule has 306 valence electrons. The van der Waals surface area contributed by atoms with Gasteiger partial charge in [0.05, 0.1) is 28.9 Å². The summed E-state index contributed by atoms with van der Waals surface area (Å²) < 4.78 is 70.7. The number of carbonyl (C=O) groups is 4. The Morgan fingerprint density at radius 1 is 1.09 bits per heavy atom. The Kier molecular flexibility index (Phi) is 10.9. The minimum Gasteiger partial charge on any atom is -0.488 e. The highest BCUT2D eigenvalue weighted by Gasteiger charge is 2.62. The van der Waals surface area contributed by atoms with Gasteiger partial charge in [-0.25, -0.2) is 22.2 Å². The lowest BCUT2D eigenvalue weighted by atomic mass is 9.91. The largest absolute Gasteiger partial charge is 0.488 e. The topological polar surface area (TPSA) is 179 Å². The summed E-state index contributed by atoms with van der Waals surface area (Å²) in [5, 5.41) is 7.14. The van der Waals surface area contributed by atoms with Crippen molar-refractivity contribution in [2.24, 2.45) is 18.4 Å². The van der Waals surface area contributed by atoms with E-state index >= 15 is 4.39 Å². The first kappa shape index (κ1) is 40.3. The first-order chi connectivity index (χ1) is 27.0. The van der Waals surface area contributed by atoms with E-state index in [1.54, 1.807) is 34.0 Å². The second-order valence-electron chi connectivity index (χ2n) is 16.3. The van der Waals surface area contributed by atoms with Crippen molar-refractivity contribution in [3.63, 3.8) is 0 Å². The van der Waals surface area contributed by atoms with Crippen molar-refractivity contribution in [3.05, 3.63) is 59.9 Å². The second-order valence-corrected chi connectivity index (χ2v) is 18.5. The molecule has 17 heteroatoms. The molecule has 2 N–H and O–H groups in total. The molecular weight excluding hydrogens is 763 g/mol. The number of ketones is 1. The van der Waals surface area contributed by atoms with Crippen LogP contribution in [0.15, 0.2) is 42.6 Å². The van der Waals surface area contributed by atoms with Gasteiger partial charge in [-0.3, -0.25) is 28.6 Å². The summed E-state index contributed by atoms with van der Waals surface area (Å²) in [4.78, 5) is 62.1. The lowest BCUT2D eigenvalue weighted by Crippen LogP contribution is -2.52. The molecule has 0 unspecified atom stereocenters. The maximum absolute atomic E-state index is 15.1. The Labute approximate surface area is 329 Å². The zero-order valence-electron chi connectivity index (χ0n) is 32.4. The molecule has 1 aromatic carbocycles.